The van der Waals surface area contributed by atoms with Crippen molar-refractivity contribution in [1.82, 2.24) is 82.1 Å². The van der Waals surface area contributed by atoms with Crippen LogP contribution < -0.4 is 22.4 Å². The van der Waals surface area contributed by atoms with Crippen LogP contribution in [0.2, 0.25) is 0 Å². The first-order valence-electron chi connectivity index (χ1n) is 52.0. The minimum absolute atomic E-state index is 0.0236. The lowest BCUT2D eigenvalue weighted by Crippen LogP contribution is -2.73. The van der Waals surface area contributed by atoms with Crippen molar-refractivity contribution in [3.8, 4) is 0 Å². The van der Waals surface area contributed by atoms with Crippen LogP contribution in [0.5, 0.6) is 0 Å². The lowest BCUT2D eigenvalue weighted by atomic mass is 9.50. The molecule has 3 aliphatic carbocycles. The predicted octanol–water partition coefficient (Wildman–Crippen LogP) is 18.7. The van der Waals surface area contributed by atoms with Crippen molar-refractivity contribution in [3.63, 3.8) is 0 Å². The maximum Gasteiger partial charge on any atom is 0.330 e. The summed E-state index contributed by atoms with van der Waals surface area (Å²) in [6.45, 7) is 109. The first-order valence-corrected chi connectivity index (χ1v) is 52.0. The second kappa shape index (κ2) is 37.8. The van der Waals surface area contributed by atoms with E-state index < -0.39 is 0 Å². The Kier molecular flexibility index (Phi) is 30.9. The molecule has 760 valence electrons. The van der Waals surface area contributed by atoms with Gasteiger partial charge >= 0.3 is 5.69 Å². The number of piperidine rings is 2. The van der Waals surface area contributed by atoms with Crippen molar-refractivity contribution in [1.29, 1.82) is 0 Å². The lowest BCUT2D eigenvalue weighted by molar-refractivity contribution is -0.157. The minimum atomic E-state index is -0.251. The average molecular weight is 1860 g/mol. The highest BCUT2D eigenvalue weighted by molar-refractivity contribution is 5.88. The number of ether oxygens (including phenoxy) is 1. The number of fused-ring (bicyclic) bond motifs is 3. The lowest BCUT2D eigenvalue weighted by Gasteiger charge is -2.65. The van der Waals surface area contributed by atoms with Gasteiger partial charge in [0.2, 0.25) is 0 Å². The summed E-state index contributed by atoms with van der Waals surface area (Å²) in [4.78, 5) is 89.9. The zero-order valence-corrected chi connectivity index (χ0v) is 94.2. The summed E-state index contributed by atoms with van der Waals surface area (Å²) in [5, 5.41) is 0. The number of aliphatic imine (C=N–C) groups is 1. The highest BCUT2D eigenvalue weighted by atomic mass is 16.5. The third-order valence-electron chi connectivity index (χ3n) is 34.3. The maximum absolute atomic E-state index is 12.4. The van der Waals surface area contributed by atoms with E-state index >= 15 is 0 Å². The molecular formula is C111H196N18O5. The number of hydrogen-bond acceptors (Lipinski definition) is 19. The van der Waals surface area contributed by atoms with E-state index in [1.165, 1.54) is 159 Å². The number of hydrogen-bond donors (Lipinski definition) is 0. The Balaban J connectivity index is 0.000000146. The molecule has 23 nitrogen and oxygen atoms in total. The van der Waals surface area contributed by atoms with Gasteiger partial charge in [-0.3, -0.25) is 77.2 Å². The van der Waals surface area contributed by atoms with Crippen LogP contribution in [0.1, 0.15) is 396 Å². The van der Waals surface area contributed by atoms with E-state index in [1.807, 2.05) is 27.8 Å². The molecule has 0 radical (unpaired) electrons. The van der Waals surface area contributed by atoms with Crippen molar-refractivity contribution >= 4 is 5.71 Å². The molecule has 10 fully saturated rings. The van der Waals surface area contributed by atoms with E-state index in [4.69, 9.17) is 4.74 Å². The van der Waals surface area contributed by atoms with Crippen LogP contribution in [0.25, 0.3) is 0 Å². The molecule has 2 saturated carbocycles. The second-order valence-electron chi connectivity index (χ2n) is 55.6. The number of allylic oxidation sites excluding steroid dienone is 2. The van der Waals surface area contributed by atoms with Gasteiger partial charge in [0.25, 0.3) is 16.7 Å². The molecule has 3 aromatic rings. The van der Waals surface area contributed by atoms with Crippen molar-refractivity contribution in [3.05, 3.63) is 110 Å². The molecule has 16 heterocycles. The van der Waals surface area contributed by atoms with E-state index in [0.29, 0.717) is 60.2 Å². The Hall–Kier alpha value is -4.89. The largest absolute Gasteiger partial charge is 0.381 e. The van der Waals surface area contributed by atoms with Gasteiger partial charge in [0.1, 0.15) is 11.6 Å². The summed E-state index contributed by atoms with van der Waals surface area (Å²) in [5.74, 6) is 1.57. The highest BCUT2D eigenvalue weighted by Crippen LogP contribution is 2.72. The molecule has 8 saturated heterocycles. The van der Waals surface area contributed by atoms with Crippen LogP contribution in [0.3, 0.4) is 0 Å². The van der Waals surface area contributed by atoms with Crippen molar-refractivity contribution in [2.75, 3.05) is 132 Å². The second-order valence-corrected chi connectivity index (χ2v) is 55.6. The van der Waals surface area contributed by atoms with Gasteiger partial charge in [0, 0.05) is 271 Å². The molecule has 8 unspecified atom stereocenters. The summed E-state index contributed by atoms with van der Waals surface area (Å²) in [6, 6.07) is 0.785. The fourth-order valence-corrected chi connectivity index (χ4v) is 27.1. The monoisotopic (exact) mass is 1860 g/mol. The van der Waals surface area contributed by atoms with Crippen molar-refractivity contribution in [2.45, 2.75) is 414 Å². The van der Waals surface area contributed by atoms with Crippen molar-refractivity contribution in [2.24, 2.45) is 71.1 Å². The highest BCUT2D eigenvalue weighted by Gasteiger charge is 2.76. The summed E-state index contributed by atoms with van der Waals surface area (Å²) in [5.41, 5.74) is 17.8. The Labute approximate surface area is 814 Å². The number of rotatable bonds is 0. The SMILES string of the molecule is CC(C)(C)N1CC2(CCOCC2)C1.CC1(C)CC2(CN(C(C)(C)C)C2)C1.CC1=CCC2(CC1)CN(C(C)(C)C)C2.CC1=NC2=C(C1)CN(C(C)(C)C)C2.CC1c2c(n(C)c(=O)n(C)c2=O)C(C)N1C(C)(C)C.CN1CC2(C1)CN(C(C)(C)C)C2.CN1CC23CN(C(C)(C)C)CC2(C1)C3.Cc1nc(=O)c2c(n1C)C(C)N(C(C)(C)C)C2C.Cc1nc2c(c(=O)n1C)C(C)N(C(C)(C)C)C2C. The van der Waals surface area contributed by atoms with Gasteiger partial charge in [-0.25, -0.2) is 9.78 Å². The van der Waals surface area contributed by atoms with Gasteiger partial charge < -0.3 is 19.1 Å². The molecule has 134 heavy (non-hydrogen) atoms. The molecule has 16 aliphatic rings. The van der Waals surface area contributed by atoms with Crippen LogP contribution in [0.4, 0.5) is 0 Å². The third kappa shape index (κ3) is 22.7. The first kappa shape index (κ1) is 109. The summed E-state index contributed by atoms with van der Waals surface area (Å²) < 4.78 is 11.9. The molecule has 13 aliphatic heterocycles. The molecule has 3 aromatic heterocycles. The fraction of sp³-hybridized carbons (Fsp3) is 0.847. The van der Waals surface area contributed by atoms with E-state index in [1.54, 1.807) is 41.4 Å². The van der Waals surface area contributed by atoms with Gasteiger partial charge in [-0.05, 0) is 343 Å². The normalized spacial score (nSPS) is 28.6. The predicted molar refractivity (Wildman–Crippen MR) is 558 cm³/mol. The Morgan fingerprint density at radius 2 is 0.746 bits per heavy atom. The smallest absolute Gasteiger partial charge is 0.330 e. The average Bonchev–Trinajstić information content (AvgIpc) is 1.48. The molecule has 0 N–H and O–H groups in total. The molecule has 19 rings (SSSR count). The van der Waals surface area contributed by atoms with Gasteiger partial charge in [-0.15, -0.1) is 0 Å². The Bertz CT molecular complexity index is 5010. The third-order valence-corrected chi connectivity index (χ3v) is 34.3. The van der Waals surface area contributed by atoms with Gasteiger partial charge in [-0.2, -0.15) is 4.98 Å². The van der Waals surface area contributed by atoms with E-state index in [9.17, 15) is 19.2 Å². The number of aryl methyl sites for hydroxylation is 2. The number of nitrogens with zero attached hydrogens (tertiary/aromatic N) is 18. The summed E-state index contributed by atoms with van der Waals surface area (Å²) >= 11 is 0. The molecule has 23 heteroatoms. The first-order chi connectivity index (χ1) is 60.8. The number of aromatic nitrogens is 6. The van der Waals surface area contributed by atoms with Crippen LogP contribution in [-0.2, 0) is 32.9 Å². The maximum atomic E-state index is 12.4. The van der Waals surface area contributed by atoms with Gasteiger partial charge in [0.15, 0.2) is 0 Å². The topological polar surface area (TPSA) is 171 Å². The molecule has 0 bridgehead atoms. The Morgan fingerprint density at radius 1 is 0.366 bits per heavy atom. The van der Waals surface area contributed by atoms with Crippen LogP contribution in [-0.4, -0.2) is 270 Å². The van der Waals surface area contributed by atoms with Crippen LogP contribution in [0.15, 0.2) is 47.1 Å². The van der Waals surface area contributed by atoms with Crippen molar-refractivity contribution < 1.29 is 4.74 Å². The van der Waals surface area contributed by atoms with E-state index in [0.717, 1.165) is 83.6 Å². The molecule has 0 amide bonds. The molecule has 4 spiro atoms. The molecule has 8 atom stereocenters. The fourth-order valence-electron chi connectivity index (χ4n) is 27.1. The zero-order chi connectivity index (χ0) is 101. The standard InChI is InChI=1S/C14H23N3O2.2C14H23N3O.C13H23N.C12H22N2.C12H23N.C11H18N2.C11H21NO.C10H20N2/c1-8-10-11(9(2)17(8)14(3,4)5)15(6)13(19)16(7)12(10)18;1-8-11-12(9(2)17(8)14(4,5)6)16(7)10(3)15-13(11)18;1-8-11-12(9(2)17(8)14(4,5)6)15-10(3)16(7)13(11)18;1-11-5-7-13(8-6-11)9-14(10-13)12(2,3)4;1-10(2,3)14-8-11-5-12(11,9-14)7-13(4)6-11;1-10(2,3)13-8-12(9-13)6-11(4,5)7-12;1-8-5-9-6-13(11(2,3)4)7-10(9)12-8;1-10(2,3)12-8-11(9-12)4-6-13-7-5-11;1-9(2,3)12-7-10(8-12)5-11(4)6-10/h8-9H,1-7H3;2*8-9H,1-7H3;5H,6-10H2,1-4H3;5-9H2,1-4H3;6-9H2,1-5H3;5-7H2,1-4H3;4-9H2,1-3H3;5-8H2,1-4H3. The summed E-state index contributed by atoms with van der Waals surface area (Å²) in [7, 11) is 11.6. The van der Waals surface area contributed by atoms with Gasteiger partial charge in [-0.1, -0.05) is 25.5 Å². The zero-order valence-electron chi connectivity index (χ0n) is 94.2. The minimum Gasteiger partial charge on any atom is -0.381 e. The quantitative estimate of drug-likeness (QED) is 0.194. The summed E-state index contributed by atoms with van der Waals surface area (Å²) in [6.07, 6.45) is 14.6. The van der Waals surface area contributed by atoms with E-state index in [2.05, 4.69) is 343 Å². The van der Waals surface area contributed by atoms with Crippen LogP contribution in [0, 0.1) is 51.8 Å². The Morgan fingerprint density at radius 3 is 1.16 bits per heavy atom. The van der Waals surface area contributed by atoms with E-state index in [-0.39, 0.29) is 80.8 Å². The number of likely N-dealkylation sites (tertiary alicyclic amines) is 7. The van der Waals surface area contributed by atoms with Gasteiger partial charge in [0.05, 0.1) is 34.1 Å². The van der Waals surface area contributed by atoms with Crippen LogP contribution >= 0.6 is 0 Å². The molecular weight excluding hydrogens is 1670 g/mol. The molecule has 0 aromatic carbocycles.